The van der Waals surface area contributed by atoms with Crippen LogP contribution in [0.25, 0.3) is 0 Å². The Morgan fingerprint density at radius 1 is 1.06 bits per heavy atom. The van der Waals surface area contributed by atoms with Gasteiger partial charge in [-0.15, -0.1) is 0 Å². The molecule has 32 heavy (non-hydrogen) atoms. The molecule has 0 saturated carbocycles. The molecule has 0 spiro atoms. The number of ether oxygens (including phenoxy) is 2. The van der Waals surface area contributed by atoms with Crippen LogP contribution >= 0.6 is 0 Å². The minimum atomic E-state index is -0.544. The van der Waals surface area contributed by atoms with Gasteiger partial charge < -0.3 is 19.3 Å². The van der Waals surface area contributed by atoms with Gasteiger partial charge in [-0.05, 0) is 17.5 Å². The van der Waals surface area contributed by atoms with Crippen molar-refractivity contribution in [3.63, 3.8) is 0 Å². The second-order valence-electron chi connectivity index (χ2n) is 8.69. The van der Waals surface area contributed by atoms with Crippen LogP contribution in [-0.2, 0) is 26.4 Å². The predicted molar refractivity (Wildman–Crippen MR) is 122 cm³/mol. The number of benzene rings is 2. The van der Waals surface area contributed by atoms with Gasteiger partial charge >= 0.3 is 12.1 Å². The molecule has 1 unspecified atom stereocenters. The average Bonchev–Trinajstić information content (AvgIpc) is 3.18. The number of nitrogens with zero attached hydrogens (tertiary/aromatic N) is 2. The lowest BCUT2D eigenvalue weighted by Gasteiger charge is -2.41. The van der Waals surface area contributed by atoms with Crippen LogP contribution in [0.3, 0.4) is 0 Å². The number of piperidine rings is 1. The Morgan fingerprint density at radius 2 is 1.72 bits per heavy atom. The summed E-state index contributed by atoms with van der Waals surface area (Å²) in [4.78, 5) is 28.6. The van der Waals surface area contributed by atoms with Gasteiger partial charge in [0.25, 0.3) is 0 Å². The second-order valence-corrected chi connectivity index (χ2v) is 8.69. The first-order chi connectivity index (χ1) is 15.6. The summed E-state index contributed by atoms with van der Waals surface area (Å²) < 4.78 is 11.6. The molecule has 1 atom stereocenters. The van der Waals surface area contributed by atoms with E-state index < -0.39 is 5.60 Å². The van der Waals surface area contributed by atoms with Crippen molar-refractivity contribution in [3.05, 3.63) is 71.8 Å². The Labute approximate surface area is 190 Å². The second kappa shape index (κ2) is 10.2. The Hall–Kier alpha value is -2.86. The molecule has 6 nitrogen and oxygen atoms in total. The van der Waals surface area contributed by atoms with Gasteiger partial charge in [-0.1, -0.05) is 67.6 Å². The molecule has 0 radical (unpaired) electrons. The first-order valence-electron chi connectivity index (χ1n) is 11.6. The molecule has 2 aromatic rings. The maximum absolute atomic E-state index is 12.3. The van der Waals surface area contributed by atoms with Crippen LogP contribution in [0.2, 0.25) is 0 Å². The summed E-state index contributed by atoms with van der Waals surface area (Å²) >= 11 is 0. The molecule has 2 fully saturated rings. The number of carbonyl (C=O) groups is 2. The summed E-state index contributed by atoms with van der Waals surface area (Å²) in [6, 6.07) is 20.1. The van der Waals surface area contributed by atoms with Crippen molar-refractivity contribution in [2.24, 2.45) is 0 Å². The SMILES string of the molecule is CCC(=O)OC1(c2ccccc2)CCN(CCC2CN(Cc3ccccc3)C(=O)O2)CC1. The molecule has 2 aliphatic heterocycles. The maximum Gasteiger partial charge on any atom is 0.410 e. The zero-order chi connectivity index (χ0) is 22.4. The molecular formula is C26H32N2O4. The summed E-state index contributed by atoms with van der Waals surface area (Å²) in [5, 5.41) is 0. The van der Waals surface area contributed by atoms with Crippen LogP contribution in [0.4, 0.5) is 4.79 Å². The van der Waals surface area contributed by atoms with E-state index in [0.717, 1.165) is 50.0 Å². The number of hydrogen-bond acceptors (Lipinski definition) is 5. The van der Waals surface area contributed by atoms with Gasteiger partial charge in [0.05, 0.1) is 6.54 Å². The Bertz CT molecular complexity index is 895. The van der Waals surface area contributed by atoms with Crippen molar-refractivity contribution in [2.75, 3.05) is 26.2 Å². The number of likely N-dealkylation sites (tertiary alicyclic amines) is 1. The number of esters is 1. The molecule has 0 aromatic heterocycles. The largest absolute Gasteiger partial charge is 0.454 e. The van der Waals surface area contributed by atoms with Crippen molar-refractivity contribution in [1.29, 1.82) is 0 Å². The first-order valence-corrected chi connectivity index (χ1v) is 11.6. The molecule has 2 aromatic carbocycles. The normalized spacial score (nSPS) is 20.7. The molecule has 1 amide bonds. The summed E-state index contributed by atoms with van der Waals surface area (Å²) in [6.45, 7) is 5.61. The Kier molecular flexibility index (Phi) is 7.10. The molecule has 0 aliphatic carbocycles. The highest BCUT2D eigenvalue weighted by molar-refractivity contribution is 5.70. The van der Waals surface area contributed by atoms with E-state index in [1.807, 2.05) is 55.5 Å². The molecule has 2 heterocycles. The standard InChI is InChI=1S/C26H32N2O4/c1-2-24(29)32-26(22-11-7-4-8-12-22)14-17-27(18-15-26)16-13-23-20-28(25(30)31-23)19-21-9-5-3-6-10-21/h3-12,23H,2,13-20H2,1H3. The molecule has 170 valence electrons. The van der Waals surface area contributed by atoms with Gasteiger partial charge in [-0.3, -0.25) is 4.79 Å². The zero-order valence-corrected chi connectivity index (χ0v) is 18.7. The van der Waals surface area contributed by atoms with Crippen LogP contribution in [0.15, 0.2) is 60.7 Å². The number of amides is 1. The fraction of sp³-hybridized carbons (Fsp3) is 0.462. The quantitative estimate of drug-likeness (QED) is 0.576. The fourth-order valence-electron chi connectivity index (χ4n) is 4.60. The van der Waals surface area contributed by atoms with E-state index in [-0.39, 0.29) is 18.2 Å². The van der Waals surface area contributed by atoms with Crippen molar-refractivity contribution in [3.8, 4) is 0 Å². The number of cyclic esters (lactones) is 1. The monoisotopic (exact) mass is 436 g/mol. The Morgan fingerprint density at radius 3 is 2.38 bits per heavy atom. The summed E-state index contributed by atoms with van der Waals surface area (Å²) in [6.07, 6.45) is 2.42. The fourth-order valence-corrected chi connectivity index (χ4v) is 4.60. The third kappa shape index (κ3) is 5.30. The average molecular weight is 437 g/mol. The van der Waals surface area contributed by atoms with Gasteiger partial charge in [0.2, 0.25) is 0 Å². The van der Waals surface area contributed by atoms with E-state index in [1.54, 1.807) is 4.90 Å². The molecule has 0 bridgehead atoms. The third-order valence-corrected chi connectivity index (χ3v) is 6.49. The smallest absolute Gasteiger partial charge is 0.410 e. The van der Waals surface area contributed by atoms with Crippen LogP contribution < -0.4 is 0 Å². The number of rotatable bonds is 8. The lowest BCUT2D eigenvalue weighted by Crippen LogP contribution is -2.46. The highest BCUT2D eigenvalue weighted by Gasteiger charge is 2.40. The van der Waals surface area contributed by atoms with E-state index in [2.05, 4.69) is 17.0 Å². The molecule has 6 heteroatoms. The van der Waals surface area contributed by atoms with Crippen molar-refractivity contribution < 1.29 is 19.1 Å². The predicted octanol–water partition coefficient (Wildman–Crippen LogP) is 4.34. The van der Waals surface area contributed by atoms with Gasteiger partial charge in [-0.25, -0.2) is 4.79 Å². The van der Waals surface area contributed by atoms with Crippen LogP contribution in [0.1, 0.15) is 43.7 Å². The van der Waals surface area contributed by atoms with E-state index in [0.29, 0.717) is 19.5 Å². The molecule has 0 N–H and O–H groups in total. The zero-order valence-electron chi connectivity index (χ0n) is 18.7. The lowest BCUT2D eigenvalue weighted by molar-refractivity contribution is -0.166. The van der Waals surface area contributed by atoms with Crippen LogP contribution in [0, 0.1) is 0 Å². The van der Waals surface area contributed by atoms with E-state index in [9.17, 15) is 9.59 Å². The highest BCUT2D eigenvalue weighted by atomic mass is 16.6. The van der Waals surface area contributed by atoms with E-state index >= 15 is 0 Å². The minimum absolute atomic E-state index is 0.0788. The molecule has 2 saturated heterocycles. The van der Waals surface area contributed by atoms with Crippen molar-refractivity contribution in [2.45, 2.75) is 50.9 Å². The maximum atomic E-state index is 12.3. The minimum Gasteiger partial charge on any atom is -0.454 e. The van der Waals surface area contributed by atoms with Gasteiger partial charge in [0.15, 0.2) is 0 Å². The third-order valence-electron chi connectivity index (χ3n) is 6.49. The Balaban J connectivity index is 1.29. The van der Waals surface area contributed by atoms with Gasteiger partial charge in [-0.2, -0.15) is 0 Å². The number of hydrogen-bond donors (Lipinski definition) is 0. The van der Waals surface area contributed by atoms with Crippen LogP contribution in [0.5, 0.6) is 0 Å². The van der Waals surface area contributed by atoms with Gasteiger partial charge in [0.1, 0.15) is 11.7 Å². The van der Waals surface area contributed by atoms with Gasteiger partial charge in [0, 0.05) is 45.4 Å². The summed E-state index contributed by atoms with van der Waals surface area (Å²) in [7, 11) is 0. The lowest BCUT2D eigenvalue weighted by atomic mass is 9.84. The number of carbonyl (C=O) groups excluding carboxylic acids is 2. The summed E-state index contributed by atoms with van der Waals surface area (Å²) in [5.74, 6) is -0.154. The topological polar surface area (TPSA) is 59.1 Å². The van der Waals surface area contributed by atoms with Crippen molar-refractivity contribution in [1.82, 2.24) is 9.80 Å². The summed E-state index contributed by atoms with van der Waals surface area (Å²) in [5.41, 5.74) is 1.64. The molecule has 4 rings (SSSR count). The van der Waals surface area contributed by atoms with Crippen LogP contribution in [-0.4, -0.2) is 54.1 Å². The van der Waals surface area contributed by atoms with E-state index in [4.69, 9.17) is 9.47 Å². The first kappa shape index (κ1) is 22.3. The molecule has 2 aliphatic rings. The van der Waals surface area contributed by atoms with Crippen molar-refractivity contribution >= 4 is 12.1 Å². The highest BCUT2D eigenvalue weighted by Crippen LogP contribution is 2.37. The van der Waals surface area contributed by atoms with E-state index in [1.165, 1.54) is 0 Å². The molecular weight excluding hydrogens is 404 g/mol.